The molecule has 0 fully saturated rings. The number of rotatable bonds is 7. The van der Waals surface area contributed by atoms with E-state index in [9.17, 15) is 9.59 Å². The molecule has 0 bridgehead atoms. The van der Waals surface area contributed by atoms with Crippen LogP contribution in [-0.2, 0) is 9.53 Å². The minimum Gasteiger partial charge on any atom is -0.491 e. The minimum absolute atomic E-state index is 0.0517. The highest BCUT2D eigenvalue weighted by atomic mass is 16.5. The van der Waals surface area contributed by atoms with Crippen molar-refractivity contribution in [2.75, 3.05) is 5.32 Å². The highest BCUT2D eigenvalue weighted by Crippen LogP contribution is 2.16. The summed E-state index contributed by atoms with van der Waals surface area (Å²) < 4.78 is 12.5. The quantitative estimate of drug-likeness (QED) is 0.766. The standard InChI is InChI=1S/C19H25N3O4/c1-12(2)22-17(10-11-20-22)21-18(23)14(5)26-19(24)15-6-8-16(9-7-15)25-13(3)4/h6-14H,1-5H3,(H,21,23)/t14-/m1/s1. The molecule has 7 heteroatoms. The molecule has 140 valence electrons. The number of amides is 1. The van der Waals surface area contributed by atoms with Crippen molar-refractivity contribution in [1.82, 2.24) is 9.78 Å². The van der Waals surface area contributed by atoms with Gasteiger partial charge < -0.3 is 14.8 Å². The van der Waals surface area contributed by atoms with Gasteiger partial charge in [-0.25, -0.2) is 9.48 Å². The number of ether oxygens (including phenoxy) is 2. The normalized spacial score (nSPS) is 12.1. The molecule has 7 nitrogen and oxygen atoms in total. The lowest BCUT2D eigenvalue weighted by molar-refractivity contribution is -0.123. The lowest BCUT2D eigenvalue weighted by Crippen LogP contribution is -2.31. The number of esters is 1. The number of carbonyl (C=O) groups excluding carboxylic acids is 2. The highest BCUT2D eigenvalue weighted by Gasteiger charge is 2.20. The molecule has 0 spiro atoms. The lowest BCUT2D eigenvalue weighted by Gasteiger charge is -2.16. The molecule has 0 aliphatic carbocycles. The predicted molar refractivity (Wildman–Crippen MR) is 98.3 cm³/mol. The molecule has 0 radical (unpaired) electrons. The number of nitrogens with zero attached hydrogens (tertiary/aromatic N) is 2. The van der Waals surface area contributed by atoms with Crippen LogP contribution in [-0.4, -0.2) is 33.9 Å². The number of aromatic nitrogens is 2. The molecule has 1 N–H and O–H groups in total. The summed E-state index contributed by atoms with van der Waals surface area (Å²) in [6.45, 7) is 9.29. The first-order valence-corrected chi connectivity index (χ1v) is 8.60. The Hall–Kier alpha value is -2.83. The second-order valence-corrected chi connectivity index (χ2v) is 6.48. The smallest absolute Gasteiger partial charge is 0.338 e. The van der Waals surface area contributed by atoms with Crippen molar-refractivity contribution >= 4 is 17.7 Å². The minimum atomic E-state index is -0.940. The van der Waals surface area contributed by atoms with Crippen molar-refractivity contribution in [2.24, 2.45) is 0 Å². The Labute approximate surface area is 153 Å². The van der Waals surface area contributed by atoms with E-state index in [1.54, 1.807) is 41.2 Å². The van der Waals surface area contributed by atoms with Crippen molar-refractivity contribution in [3.8, 4) is 5.75 Å². The van der Waals surface area contributed by atoms with Gasteiger partial charge in [-0.3, -0.25) is 4.79 Å². The van der Waals surface area contributed by atoms with E-state index in [0.717, 1.165) is 0 Å². The Kier molecular flexibility index (Phi) is 6.38. The predicted octanol–water partition coefficient (Wildman–Crippen LogP) is 3.44. The van der Waals surface area contributed by atoms with Crippen LogP contribution in [0, 0.1) is 0 Å². The summed E-state index contributed by atoms with van der Waals surface area (Å²) in [6.07, 6.45) is 0.716. The Balaban J connectivity index is 1.95. The number of benzene rings is 1. The number of anilines is 1. The first-order valence-electron chi connectivity index (χ1n) is 8.60. The molecular formula is C19H25N3O4. The second-order valence-electron chi connectivity index (χ2n) is 6.48. The summed E-state index contributed by atoms with van der Waals surface area (Å²) in [4.78, 5) is 24.5. The Morgan fingerprint density at radius 1 is 1.04 bits per heavy atom. The van der Waals surface area contributed by atoms with E-state index < -0.39 is 18.0 Å². The zero-order valence-corrected chi connectivity index (χ0v) is 15.7. The van der Waals surface area contributed by atoms with Crippen LogP contribution < -0.4 is 10.1 Å². The van der Waals surface area contributed by atoms with Crippen LogP contribution in [0.2, 0.25) is 0 Å². The Morgan fingerprint density at radius 3 is 2.27 bits per heavy atom. The molecule has 0 aliphatic heterocycles. The third kappa shape index (κ3) is 5.08. The number of hydrogen-bond donors (Lipinski definition) is 1. The first-order chi connectivity index (χ1) is 12.3. The van der Waals surface area contributed by atoms with E-state index in [0.29, 0.717) is 17.1 Å². The first kappa shape index (κ1) is 19.5. The highest BCUT2D eigenvalue weighted by molar-refractivity contribution is 5.96. The van der Waals surface area contributed by atoms with Crippen LogP contribution in [0.4, 0.5) is 5.82 Å². The number of carbonyl (C=O) groups is 2. The largest absolute Gasteiger partial charge is 0.491 e. The lowest BCUT2D eigenvalue weighted by atomic mass is 10.2. The van der Waals surface area contributed by atoms with Gasteiger partial charge in [-0.05, 0) is 58.9 Å². The zero-order valence-electron chi connectivity index (χ0n) is 15.7. The third-order valence-electron chi connectivity index (χ3n) is 3.53. The summed E-state index contributed by atoms with van der Waals surface area (Å²) in [5.41, 5.74) is 0.355. The van der Waals surface area contributed by atoms with Gasteiger partial charge in [0, 0.05) is 12.1 Å². The van der Waals surface area contributed by atoms with E-state index in [1.807, 2.05) is 27.7 Å². The third-order valence-corrected chi connectivity index (χ3v) is 3.53. The molecule has 0 saturated heterocycles. The van der Waals surface area contributed by atoms with Crippen molar-refractivity contribution in [3.63, 3.8) is 0 Å². The van der Waals surface area contributed by atoms with Crippen LogP contribution >= 0.6 is 0 Å². The molecule has 0 aliphatic rings. The van der Waals surface area contributed by atoms with E-state index in [-0.39, 0.29) is 12.1 Å². The van der Waals surface area contributed by atoms with Gasteiger partial charge in [0.2, 0.25) is 0 Å². The maximum absolute atomic E-state index is 12.3. The fraction of sp³-hybridized carbons (Fsp3) is 0.421. The van der Waals surface area contributed by atoms with E-state index >= 15 is 0 Å². The van der Waals surface area contributed by atoms with Crippen molar-refractivity contribution in [2.45, 2.75) is 52.9 Å². The van der Waals surface area contributed by atoms with Crippen LogP contribution in [0.15, 0.2) is 36.5 Å². The second kappa shape index (κ2) is 8.51. The van der Waals surface area contributed by atoms with Crippen LogP contribution in [0.25, 0.3) is 0 Å². The Bertz CT molecular complexity index is 750. The SMILES string of the molecule is CC(C)Oc1ccc(C(=O)O[C@H](C)C(=O)Nc2ccnn2C(C)C)cc1. The fourth-order valence-electron chi connectivity index (χ4n) is 2.28. The molecule has 26 heavy (non-hydrogen) atoms. The van der Waals surface area contributed by atoms with E-state index in [4.69, 9.17) is 9.47 Å². The summed E-state index contributed by atoms with van der Waals surface area (Å²) in [5.74, 6) is 0.244. The molecule has 2 rings (SSSR count). The van der Waals surface area contributed by atoms with Crippen molar-refractivity contribution < 1.29 is 19.1 Å². The van der Waals surface area contributed by atoms with Gasteiger partial charge in [-0.15, -0.1) is 0 Å². The fourth-order valence-corrected chi connectivity index (χ4v) is 2.28. The van der Waals surface area contributed by atoms with Gasteiger partial charge >= 0.3 is 5.97 Å². The van der Waals surface area contributed by atoms with Crippen LogP contribution in [0.3, 0.4) is 0 Å². The van der Waals surface area contributed by atoms with Crippen molar-refractivity contribution in [1.29, 1.82) is 0 Å². The van der Waals surface area contributed by atoms with Gasteiger partial charge in [0.25, 0.3) is 5.91 Å². The zero-order chi connectivity index (χ0) is 19.3. The van der Waals surface area contributed by atoms with Gasteiger partial charge in [-0.2, -0.15) is 5.10 Å². The summed E-state index contributed by atoms with van der Waals surface area (Å²) in [6, 6.07) is 8.41. The average molecular weight is 359 g/mol. The molecule has 0 unspecified atom stereocenters. The molecule has 2 aromatic rings. The molecule has 0 saturated carbocycles. The molecular weight excluding hydrogens is 334 g/mol. The average Bonchev–Trinajstić information content (AvgIpc) is 3.03. The van der Waals surface area contributed by atoms with Gasteiger partial charge in [-0.1, -0.05) is 0 Å². The summed E-state index contributed by atoms with van der Waals surface area (Å²) >= 11 is 0. The van der Waals surface area contributed by atoms with Crippen LogP contribution in [0.1, 0.15) is 51.0 Å². The topological polar surface area (TPSA) is 82.4 Å². The summed E-state index contributed by atoms with van der Waals surface area (Å²) in [5, 5.41) is 6.87. The number of hydrogen-bond acceptors (Lipinski definition) is 5. The number of nitrogens with one attached hydrogen (secondary N) is 1. The molecule has 1 aromatic heterocycles. The summed E-state index contributed by atoms with van der Waals surface area (Å²) in [7, 11) is 0. The van der Waals surface area contributed by atoms with Crippen LogP contribution in [0.5, 0.6) is 5.75 Å². The molecule has 1 atom stereocenters. The van der Waals surface area contributed by atoms with E-state index in [2.05, 4.69) is 10.4 Å². The monoisotopic (exact) mass is 359 g/mol. The van der Waals surface area contributed by atoms with Gasteiger partial charge in [0.1, 0.15) is 11.6 Å². The van der Waals surface area contributed by atoms with Crippen molar-refractivity contribution in [3.05, 3.63) is 42.1 Å². The van der Waals surface area contributed by atoms with Gasteiger partial charge in [0.15, 0.2) is 6.10 Å². The maximum atomic E-state index is 12.3. The Morgan fingerprint density at radius 2 is 1.69 bits per heavy atom. The maximum Gasteiger partial charge on any atom is 0.338 e. The van der Waals surface area contributed by atoms with E-state index in [1.165, 1.54) is 6.92 Å². The van der Waals surface area contributed by atoms with Gasteiger partial charge in [0.05, 0.1) is 17.9 Å². The molecule has 1 heterocycles. The molecule has 1 aromatic carbocycles. The molecule has 1 amide bonds.